The molecule has 1 atom stereocenters. The van der Waals surface area contributed by atoms with Crippen LogP contribution in [0.2, 0.25) is 0 Å². The van der Waals surface area contributed by atoms with E-state index in [2.05, 4.69) is 21.7 Å². The van der Waals surface area contributed by atoms with Gasteiger partial charge in [-0.25, -0.2) is 4.98 Å². The molecule has 1 aliphatic rings. The molecule has 0 saturated carbocycles. The number of rotatable bonds is 6. The van der Waals surface area contributed by atoms with Crippen LogP contribution in [0.3, 0.4) is 0 Å². The standard InChI is InChI=1S/C15H24N4O3/c1-4-22-8-7-17-5-6-18(11-13(17)3)15-9-12(2)14(10-16-15)19(20)21/h9-10,13H,4-8,11H2,1-3H3. The summed E-state index contributed by atoms with van der Waals surface area (Å²) in [6.45, 7) is 11.1. The van der Waals surface area contributed by atoms with Crippen molar-refractivity contribution in [3.63, 3.8) is 0 Å². The van der Waals surface area contributed by atoms with E-state index in [4.69, 9.17) is 4.74 Å². The monoisotopic (exact) mass is 308 g/mol. The molecule has 22 heavy (non-hydrogen) atoms. The van der Waals surface area contributed by atoms with E-state index in [1.165, 1.54) is 6.20 Å². The average molecular weight is 308 g/mol. The number of hydrogen-bond acceptors (Lipinski definition) is 6. The molecule has 2 rings (SSSR count). The fourth-order valence-corrected chi connectivity index (χ4v) is 2.76. The average Bonchev–Trinajstić information content (AvgIpc) is 2.48. The van der Waals surface area contributed by atoms with Crippen LogP contribution in [-0.4, -0.2) is 60.2 Å². The van der Waals surface area contributed by atoms with Crippen LogP contribution in [0.25, 0.3) is 0 Å². The van der Waals surface area contributed by atoms with Gasteiger partial charge in [0.25, 0.3) is 5.69 Å². The molecule has 1 aromatic rings. The molecule has 122 valence electrons. The van der Waals surface area contributed by atoms with Crippen LogP contribution in [0.1, 0.15) is 19.4 Å². The van der Waals surface area contributed by atoms with E-state index in [1.54, 1.807) is 13.0 Å². The fourth-order valence-electron chi connectivity index (χ4n) is 2.76. The lowest BCUT2D eigenvalue weighted by atomic mass is 10.1. The molecular weight excluding hydrogens is 284 g/mol. The smallest absolute Gasteiger partial charge is 0.290 e. The van der Waals surface area contributed by atoms with Crippen molar-refractivity contribution in [2.75, 3.05) is 44.3 Å². The molecule has 1 aromatic heterocycles. The van der Waals surface area contributed by atoms with E-state index in [0.717, 1.165) is 45.2 Å². The molecule has 7 heteroatoms. The molecule has 1 unspecified atom stereocenters. The maximum atomic E-state index is 10.9. The minimum atomic E-state index is -0.388. The molecule has 0 N–H and O–H groups in total. The fraction of sp³-hybridized carbons (Fsp3) is 0.667. The van der Waals surface area contributed by atoms with Crippen molar-refractivity contribution in [3.8, 4) is 0 Å². The van der Waals surface area contributed by atoms with Crippen LogP contribution in [0.4, 0.5) is 11.5 Å². The van der Waals surface area contributed by atoms with E-state index < -0.39 is 0 Å². The Bertz CT molecular complexity index is 524. The molecule has 2 heterocycles. The molecule has 0 radical (unpaired) electrons. The van der Waals surface area contributed by atoms with Crippen molar-refractivity contribution in [2.24, 2.45) is 0 Å². The van der Waals surface area contributed by atoms with Crippen LogP contribution >= 0.6 is 0 Å². The Morgan fingerprint density at radius 2 is 2.27 bits per heavy atom. The molecule has 0 amide bonds. The van der Waals surface area contributed by atoms with Gasteiger partial charge in [0, 0.05) is 44.4 Å². The predicted octanol–water partition coefficient (Wildman–Crippen LogP) is 1.85. The highest BCUT2D eigenvalue weighted by Crippen LogP contribution is 2.23. The van der Waals surface area contributed by atoms with Gasteiger partial charge in [-0.05, 0) is 26.8 Å². The largest absolute Gasteiger partial charge is 0.380 e. The normalized spacial score (nSPS) is 19.4. The van der Waals surface area contributed by atoms with Gasteiger partial charge in [0.05, 0.1) is 11.5 Å². The summed E-state index contributed by atoms with van der Waals surface area (Å²) >= 11 is 0. The lowest BCUT2D eigenvalue weighted by Crippen LogP contribution is -2.53. The number of hydrogen-bond donors (Lipinski definition) is 0. The molecule has 0 bridgehead atoms. The van der Waals surface area contributed by atoms with Gasteiger partial charge in [0.1, 0.15) is 12.0 Å². The molecule has 0 aliphatic carbocycles. The van der Waals surface area contributed by atoms with Crippen molar-refractivity contribution in [1.82, 2.24) is 9.88 Å². The summed E-state index contributed by atoms with van der Waals surface area (Å²) < 4.78 is 5.42. The first-order valence-electron chi connectivity index (χ1n) is 7.70. The minimum absolute atomic E-state index is 0.0761. The molecule has 0 aromatic carbocycles. The van der Waals surface area contributed by atoms with Gasteiger partial charge in [-0.15, -0.1) is 0 Å². The van der Waals surface area contributed by atoms with Crippen LogP contribution in [0.5, 0.6) is 0 Å². The molecule has 1 saturated heterocycles. The number of nitrogens with zero attached hydrogens (tertiary/aromatic N) is 4. The molecule has 0 spiro atoms. The summed E-state index contributed by atoms with van der Waals surface area (Å²) in [6, 6.07) is 2.22. The van der Waals surface area contributed by atoms with Gasteiger partial charge >= 0.3 is 0 Å². The molecular formula is C15H24N4O3. The number of aromatic nitrogens is 1. The Morgan fingerprint density at radius 3 is 2.86 bits per heavy atom. The first-order chi connectivity index (χ1) is 10.5. The van der Waals surface area contributed by atoms with Crippen LogP contribution < -0.4 is 4.90 Å². The molecule has 1 fully saturated rings. The zero-order valence-electron chi connectivity index (χ0n) is 13.5. The summed E-state index contributed by atoms with van der Waals surface area (Å²) in [5.74, 6) is 0.819. The Kier molecular flexibility index (Phi) is 5.68. The Hall–Kier alpha value is -1.73. The maximum Gasteiger partial charge on any atom is 0.290 e. The van der Waals surface area contributed by atoms with Crippen LogP contribution in [0.15, 0.2) is 12.3 Å². The third-order valence-corrected chi connectivity index (χ3v) is 4.08. The third kappa shape index (κ3) is 3.92. The zero-order valence-corrected chi connectivity index (χ0v) is 13.5. The van der Waals surface area contributed by atoms with Crippen molar-refractivity contribution in [2.45, 2.75) is 26.8 Å². The summed E-state index contributed by atoms with van der Waals surface area (Å²) in [7, 11) is 0. The third-order valence-electron chi connectivity index (χ3n) is 4.08. The lowest BCUT2D eigenvalue weighted by molar-refractivity contribution is -0.385. The van der Waals surface area contributed by atoms with Gasteiger partial charge in [-0.1, -0.05) is 0 Å². The number of aryl methyl sites for hydroxylation is 1. The second-order valence-corrected chi connectivity index (χ2v) is 5.61. The zero-order chi connectivity index (χ0) is 16.1. The Labute approximate surface area is 131 Å². The highest BCUT2D eigenvalue weighted by molar-refractivity contribution is 5.49. The quantitative estimate of drug-likeness (QED) is 0.454. The summed E-state index contributed by atoms with van der Waals surface area (Å²) in [5.41, 5.74) is 0.730. The lowest BCUT2D eigenvalue weighted by Gasteiger charge is -2.40. The van der Waals surface area contributed by atoms with E-state index in [0.29, 0.717) is 11.6 Å². The second kappa shape index (κ2) is 7.51. The van der Waals surface area contributed by atoms with Gasteiger partial charge in [-0.2, -0.15) is 0 Å². The van der Waals surface area contributed by atoms with Crippen molar-refractivity contribution < 1.29 is 9.66 Å². The summed E-state index contributed by atoms with van der Waals surface area (Å²) in [4.78, 5) is 19.3. The number of nitro groups is 1. The minimum Gasteiger partial charge on any atom is -0.380 e. The topological polar surface area (TPSA) is 71.7 Å². The SMILES string of the molecule is CCOCCN1CCN(c2cc(C)c([N+](=O)[O-])cn2)CC1C. The van der Waals surface area contributed by atoms with Gasteiger partial charge < -0.3 is 9.64 Å². The second-order valence-electron chi connectivity index (χ2n) is 5.61. The molecule has 7 nitrogen and oxygen atoms in total. The number of anilines is 1. The Balaban J connectivity index is 1.98. The van der Waals surface area contributed by atoms with E-state index in [1.807, 2.05) is 6.92 Å². The van der Waals surface area contributed by atoms with E-state index in [-0.39, 0.29) is 10.6 Å². The first kappa shape index (κ1) is 16.6. The summed E-state index contributed by atoms with van der Waals surface area (Å²) in [6.07, 6.45) is 1.36. The first-order valence-corrected chi connectivity index (χ1v) is 7.70. The Morgan fingerprint density at radius 1 is 1.50 bits per heavy atom. The van der Waals surface area contributed by atoms with E-state index in [9.17, 15) is 10.1 Å². The number of pyridine rings is 1. The van der Waals surface area contributed by atoms with Gasteiger partial charge in [-0.3, -0.25) is 15.0 Å². The van der Waals surface area contributed by atoms with Crippen LogP contribution in [-0.2, 0) is 4.74 Å². The van der Waals surface area contributed by atoms with E-state index >= 15 is 0 Å². The van der Waals surface area contributed by atoms with Crippen molar-refractivity contribution in [1.29, 1.82) is 0 Å². The highest BCUT2D eigenvalue weighted by atomic mass is 16.6. The van der Waals surface area contributed by atoms with Crippen LogP contribution in [0, 0.1) is 17.0 Å². The summed E-state index contributed by atoms with van der Waals surface area (Å²) in [5, 5.41) is 10.9. The molecule has 1 aliphatic heterocycles. The van der Waals surface area contributed by atoms with Gasteiger partial charge in [0.2, 0.25) is 0 Å². The highest BCUT2D eigenvalue weighted by Gasteiger charge is 2.25. The predicted molar refractivity (Wildman–Crippen MR) is 85.4 cm³/mol. The number of piperazine rings is 1. The maximum absolute atomic E-state index is 10.9. The van der Waals surface area contributed by atoms with Gasteiger partial charge in [0.15, 0.2) is 0 Å². The van der Waals surface area contributed by atoms with Crippen molar-refractivity contribution in [3.05, 3.63) is 27.9 Å². The number of ether oxygens (including phenoxy) is 1. The van der Waals surface area contributed by atoms with Crippen molar-refractivity contribution >= 4 is 11.5 Å².